The Hall–Kier alpha value is -0.0900. The lowest BCUT2D eigenvalue weighted by Gasteiger charge is -2.38. The molecule has 0 saturated carbocycles. The number of rotatable bonds is 3. The van der Waals surface area contributed by atoms with Crippen LogP contribution >= 0.6 is 9.24 Å². The number of allylic oxidation sites excluding steroid dienone is 4. The van der Waals surface area contributed by atoms with Gasteiger partial charge in [0.2, 0.25) is 0 Å². The molecule has 0 heterocycles. The molecule has 0 nitrogen and oxygen atoms in total. The van der Waals surface area contributed by atoms with Crippen LogP contribution in [0.3, 0.4) is 0 Å². The molecule has 0 aliphatic rings. The summed E-state index contributed by atoms with van der Waals surface area (Å²) in [4.78, 5) is 0. The van der Waals surface area contributed by atoms with Crippen LogP contribution in [0, 0.1) is 16.7 Å². The highest BCUT2D eigenvalue weighted by molar-refractivity contribution is 7.16. The summed E-state index contributed by atoms with van der Waals surface area (Å²) in [6.45, 7) is 13.9. The maximum atomic E-state index is 2.70. The molecular formula is C14H27P. The van der Waals surface area contributed by atoms with Crippen LogP contribution in [0.5, 0.6) is 0 Å². The van der Waals surface area contributed by atoms with Crippen molar-refractivity contribution < 1.29 is 0 Å². The molecule has 0 aromatic rings. The summed E-state index contributed by atoms with van der Waals surface area (Å²) in [6.07, 6.45) is 9.85. The first-order valence-corrected chi connectivity index (χ1v) is 6.54. The molecule has 88 valence electrons. The van der Waals surface area contributed by atoms with Gasteiger partial charge in [0.15, 0.2) is 0 Å². The molecule has 1 atom stereocenters. The monoisotopic (exact) mass is 226 g/mol. The van der Waals surface area contributed by atoms with Crippen LogP contribution in [0.1, 0.15) is 41.5 Å². The van der Waals surface area contributed by atoms with Crippen molar-refractivity contribution in [1.29, 1.82) is 0 Å². The molecule has 1 heteroatoms. The zero-order valence-corrected chi connectivity index (χ0v) is 12.3. The highest BCUT2D eigenvalue weighted by Gasteiger charge is 2.32. The van der Waals surface area contributed by atoms with Crippen LogP contribution < -0.4 is 0 Å². The molecule has 0 aromatic carbocycles. The topological polar surface area (TPSA) is 0 Å². The third-order valence-corrected chi connectivity index (χ3v) is 2.83. The molecule has 0 bridgehead atoms. The Kier molecular flexibility index (Phi) is 5.81. The van der Waals surface area contributed by atoms with E-state index in [-0.39, 0.29) is 0 Å². The third-order valence-electron chi connectivity index (χ3n) is 2.55. The standard InChI is InChI=1S/C14H27P/c1-13(2,3)12(14(4,5)6)10-8-7-9-11-15/h7-10,12H,11,15H2,1-6H3. The van der Waals surface area contributed by atoms with Crippen LogP contribution in [-0.4, -0.2) is 6.16 Å². The highest BCUT2D eigenvalue weighted by atomic mass is 31.0. The summed E-state index contributed by atoms with van der Waals surface area (Å²) in [5.41, 5.74) is 0.646. The fourth-order valence-electron chi connectivity index (χ4n) is 2.21. The zero-order chi connectivity index (χ0) is 12.1. The van der Waals surface area contributed by atoms with E-state index in [4.69, 9.17) is 0 Å². The Balaban J connectivity index is 4.69. The average molecular weight is 226 g/mol. The molecule has 0 fully saturated rings. The molecule has 0 saturated heterocycles. The zero-order valence-electron chi connectivity index (χ0n) is 11.2. The van der Waals surface area contributed by atoms with Gasteiger partial charge < -0.3 is 0 Å². The van der Waals surface area contributed by atoms with Crippen LogP contribution in [0.4, 0.5) is 0 Å². The van der Waals surface area contributed by atoms with E-state index in [1.54, 1.807) is 0 Å². The van der Waals surface area contributed by atoms with Gasteiger partial charge in [0.05, 0.1) is 0 Å². The van der Waals surface area contributed by atoms with Crippen LogP contribution in [-0.2, 0) is 0 Å². The molecule has 0 aliphatic carbocycles. The van der Waals surface area contributed by atoms with Gasteiger partial charge >= 0.3 is 0 Å². The van der Waals surface area contributed by atoms with Gasteiger partial charge in [-0.25, -0.2) is 0 Å². The summed E-state index contributed by atoms with van der Waals surface area (Å²) >= 11 is 0. The molecule has 0 amide bonds. The van der Waals surface area contributed by atoms with E-state index in [9.17, 15) is 0 Å². The minimum atomic E-state index is 0.323. The van der Waals surface area contributed by atoms with Crippen LogP contribution in [0.25, 0.3) is 0 Å². The first kappa shape index (κ1) is 14.9. The minimum Gasteiger partial charge on any atom is -0.134 e. The Morgan fingerprint density at radius 2 is 1.40 bits per heavy atom. The molecule has 1 unspecified atom stereocenters. The van der Waals surface area contributed by atoms with Crippen molar-refractivity contribution in [3.8, 4) is 0 Å². The smallest absolute Gasteiger partial charge is 0.0133 e. The first-order valence-electron chi connectivity index (χ1n) is 5.73. The quantitative estimate of drug-likeness (QED) is 0.484. The first-order chi connectivity index (χ1) is 6.69. The summed E-state index contributed by atoms with van der Waals surface area (Å²) in [5, 5.41) is 0. The second-order valence-corrected chi connectivity index (χ2v) is 6.73. The van der Waals surface area contributed by atoms with Gasteiger partial charge in [-0.3, -0.25) is 0 Å². The van der Waals surface area contributed by atoms with Crippen molar-refractivity contribution in [3.05, 3.63) is 24.3 Å². The Morgan fingerprint density at radius 3 is 1.73 bits per heavy atom. The fourth-order valence-corrected chi connectivity index (χ4v) is 2.37. The van der Waals surface area contributed by atoms with Crippen LogP contribution in [0.2, 0.25) is 0 Å². The number of hydrogen-bond acceptors (Lipinski definition) is 0. The maximum Gasteiger partial charge on any atom is -0.0133 e. The van der Waals surface area contributed by atoms with Gasteiger partial charge in [-0.1, -0.05) is 65.8 Å². The van der Waals surface area contributed by atoms with Gasteiger partial charge in [-0.15, -0.1) is 9.24 Å². The third kappa shape index (κ3) is 6.15. The summed E-state index contributed by atoms with van der Waals surface area (Å²) in [7, 11) is 2.70. The molecule has 0 N–H and O–H groups in total. The molecule has 0 rings (SSSR count). The van der Waals surface area contributed by atoms with E-state index < -0.39 is 0 Å². The van der Waals surface area contributed by atoms with Crippen molar-refractivity contribution in [2.24, 2.45) is 16.7 Å². The van der Waals surface area contributed by atoms with E-state index in [1.165, 1.54) is 0 Å². The Morgan fingerprint density at radius 1 is 0.933 bits per heavy atom. The van der Waals surface area contributed by atoms with Gasteiger partial charge in [-0.2, -0.15) is 0 Å². The second-order valence-electron chi connectivity index (χ2n) is 6.26. The Labute approximate surface area is 98.4 Å². The maximum absolute atomic E-state index is 2.70. The normalized spacial score (nSPS) is 14.7. The molecule has 0 radical (unpaired) electrons. The van der Waals surface area contributed by atoms with Gasteiger partial charge in [0.25, 0.3) is 0 Å². The largest absolute Gasteiger partial charge is 0.134 e. The van der Waals surface area contributed by atoms with Gasteiger partial charge in [0.1, 0.15) is 0 Å². The molecule has 0 aromatic heterocycles. The van der Waals surface area contributed by atoms with E-state index in [0.717, 1.165) is 6.16 Å². The average Bonchev–Trinajstić information content (AvgIpc) is 1.99. The lowest BCUT2D eigenvalue weighted by atomic mass is 9.66. The Bertz CT molecular complexity index is 209. The molecule has 15 heavy (non-hydrogen) atoms. The van der Waals surface area contributed by atoms with Crippen molar-refractivity contribution in [1.82, 2.24) is 0 Å². The van der Waals surface area contributed by atoms with Crippen molar-refractivity contribution in [2.75, 3.05) is 6.16 Å². The SMILES string of the molecule is CC(C)(C)C(C=CC=CCP)C(C)(C)C. The second kappa shape index (κ2) is 5.85. The van der Waals surface area contributed by atoms with E-state index in [2.05, 4.69) is 75.1 Å². The van der Waals surface area contributed by atoms with Crippen molar-refractivity contribution >= 4 is 9.24 Å². The molecule has 0 aliphatic heterocycles. The van der Waals surface area contributed by atoms with Crippen molar-refractivity contribution in [2.45, 2.75) is 41.5 Å². The summed E-state index contributed by atoms with van der Waals surface area (Å²) < 4.78 is 0. The van der Waals surface area contributed by atoms with Crippen molar-refractivity contribution in [3.63, 3.8) is 0 Å². The van der Waals surface area contributed by atoms with Gasteiger partial charge in [0, 0.05) is 0 Å². The van der Waals surface area contributed by atoms with Gasteiger partial charge in [-0.05, 0) is 22.9 Å². The molecular weight excluding hydrogens is 199 g/mol. The fraction of sp³-hybridized carbons (Fsp3) is 0.714. The minimum absolute atomic E-state index is 0.323. The summed E-state index contributed by atoms with van der Waals surface area (Å²) in [6, 6.07) is 0. The predicted octanol–water partition coefficient (Wildman–Crippen LogP) is 4.68. The summed E-state index contributed by atoms with van der Waals surface area (Å²) in [5.74, 6) is 0.596. The number of hydrogen-bond donors (Lipinski definition) is 0. The lowest BCUT2D eigenvalue weighted by molar-refractivity contribution is 0.148. The van der Waals surface area contributed by atoms with E-state index in [0.29, 0.717) is 16.7 Å². The molecule has 0 spiro atoms. The lowest BCUT2D eigenvalue weighted by Crippen LogP contribution is -2.30. The highest BCUT2D eigenvalue weighted by Crippen LogP contribution is 2.40. The van der Waals surface area contributed by atoms with E-state index >= 15 is 0 Å². The van der Waals surface area contributed by atoms with E-state index in [1.807, 2.05) is 0 Å². The predicted molar refractivity (Wildman–Crippen MR) is 75.3 cm³/mol. The van der Waals surface area contributed by atoms with Crippen LogP contribution in [0.15, 0.2) is 24.3 Å².